The molecule has 0 aromatic rings. The van der Waals surface area contributed by atoms with Crippen molar-refractivity contribution in [3.63, 3.8) is 0 Å². The van der Waals surface area contributed by atoms with Gasteiger partial charge in [-0.25, -0.2) is 0 Å². The maximum absolute atomic E-state index is 12.7. The Morgan fingerprint density at radius 2 is 1.64 bits per heavy atom. The summed E-state index contributed by atoms with van der Waals surface area (Å²) in [6, 6.07) is 0. The van der Waals surface area contributed by atoms with Gasteiger partial charge in [0.05, 0.1) is 6.10 Å². The summed E-state index contributed by atoms with van der Waals surface area (Å²) in [5, 5.41) is 14.0. The normalized spacial score (nSPS) is 31.8. The van der Waals surface area contributed by atoms with Gasteiger partial charge >= 0.3 is 0 Å². The Bertz CT molecular complexity index is 742. The van der Waals surface area contributed by atoms with E-state index in [9.17, 15) is 9.90 Å². The zero-order valence-corrected chi connectivity index (χ0v) is 24.6. The monoisotopic (exact) mass is 502 g/mol. The van der Waals surface area contributed by atoms with Crippen LogP contribution in [0.3, 0.4) is 0 Å². The van der Waals surface area contributed by atoms with Gasteiger partial charge in [0.25, 0.3) is 0 Å². The van der Waals surface area contributed by atoms with Crippen molar-refractivity contribution in [2.75, 3.05) is 27.2 Å². The second kappa shape index (κ2) is 13.3. The number of unbranched alkanes of at least 4 members (excludes halogenated alkanes) is 6. The standard InChI is InChI=1S/C32H58N2O2/c1-24-14-17-27-26(15-18-28-31(2,3)29(35)20-21-32(27,28)4)25(24)16-19-30(36)33-22-12-10-8-7-9-11-13-23-34(5)6/h26-29,35H,7-23H2,1-6H3,(H,33,36)/t26?,27-,28?,29?,32+/m0/s1. The van der Waals surface area contributed by atoms with Crippen LogP contribution in [0.4, 0.5) is 0 Å². The molecule has 3 aliphatic rings. The highest BCUT2D eigenvalue weighted by Gasteiger charge is 2.58. The number of aliphatic hydroxyl groups excluding tert-OH is 1. The molecule has 4 nitrogen and oxygen atoms in total. The number of amides is 1. The van der Waals surface area contributed by atoms with E-state index in [2.05, 4.69) is 52.0 Å². The quantitative estimate of drug-likeness (QED) is 0.208. The molecular weight excluding hydrogens is 444 g/mol. The first-order valence-corrected chi connectivity index (χ1v) is 15.4. The molecule has 0 aliphatic heterocycles. The van der Waals surface area contributed by atoms with E-state index >= 15 is 0 Å². The largest absolute Gasteiger partial charge is 0.393 e. The van der Waals surface area contributed by atoms with Gasteiger partial charge in [-0.05, 0) is 114 Å². The second-order valence-electron chi connectivity index (χ2n) is 13.7. The zero-order chi connectivity index (χ0) is 26.3. The van der Waals surface area contributed by atoms with Gasteiger partial charge < -0.3 is 15.3 Å². The topological polar surface area (TPSA) is 52.6 Å². The second-order valence-corrected chi connectivity index (χ2v) is 13.7. The number of carbonyl (C=O) groups is 1. The third kappa shape index (κ3) is 7.16. The summed E-state index contributed by atoms with van der Waals surface area (Å²) in [4.78, 5) is 14.9. The highest BCUT2D eigenvalue weighted by Crippen LogP contribution is 2.64. The number of aliphatic hydroxyl groups is 1. The van der Waals surface area contributed by atoms with Crippen molar-refractivity contribution >= 4 is 5.91 Å². The molecule has 3 unspecified atom stereocenters. The van der Waals surface area contributed by atoms with Crippen molar-refractivity contribution in [1.82, 2.24) is 10.2 Å². The van der Waals surface area contributed by atoms with Crippen LogP contribution in [0.2, 0.25) is 0 Å². The molecular formula is C32H58N2O2. The van der Waals surface area contributed by atoms with Crippen molar-refractivity contribution in [1.29, 1.82) is 0 Å². The molecule has 3 rings (SSSR count). The van der Waals surface area contributed by atoms with Crippen molar-refractivity contribution in [3.05, 3.63) is 11.1 Å². The molecule has 0 aromatic heterocycles. The van der Waals surface area contributed by atoms with Crippen LogP contribution in [0.15, 0.2) is 11.1 Å². The summed E-state index contributed by atoms with van der Waals surface area (Å²) >= 11 is 0. The van der Waals surface area contributed by atoms with E-state index in [4.69, 9.17) is 0 Å². The lowest BCUT2D eigenvalue weighted by atomic mass is 9.43. The number of nitrogens with one attached hydrogen (secondary N) is 1. The van der Waals surface area contributed by atoms with E-state index in [0.717, 1.165) is 32.2 Å². The van der Waals surface area contributed by atoms with Crippen LogP contribution in [0.25, 0.3) is 0 Å². The number of hydrogen-bond acceptors (Lipinski definition) is 3. The fourth-order valence-electron chi connectivity index (χ4n) is 8.43. The molecule has 0 heterocycles. The van der Waals surface area contributed by atoms with Gasteiger partial charge in [0.15, 0.2) is 0 Å². The molecule has 1 amide bonds. The fourth-order valence-corrected chi connectivity index (χ4v) is 8.43. The molecule has 0 saturated heterocycles. The Kier molecular flexibility index (Phi) is 10.9. The number of rotatable bonds is 13. The fraction of sp³-hybridized carbons (Fsp3) is 0.906. The molecule has 4 heteroatoms. The minimum Gasteiger partial charge on any atom is -0.393 e. The first-order chi connectivity index (χ1) is 17.1. The van der Waals surface area contributed by atoms with Gasteiger partial charge in [0, 0.05) is 13.0 Å². The van der Waals surface area contributed by atoms with Gasteiger partial charge in [-0.15, -0.1) is 0 Å². The first kappa shape index (κ1) is 29.7. The van der Waals surface area contributed by atoms with Crippen LogP contribution in [-0.2, 0) is 4.79 Å². The SMILES string of the molecule is CC1=C(CCC(=O)NCCCCCCCCCN(C)C)C2CCC3C(C)(C)C(O)CC[C@]3(C)[C@H]2CC1. The Morgan fingerprint density at radius 1 is 0.972 bits per heavy atom. The van der Waals surface area contributed by atoms with Crippen LogP contribution in [-0.4, -0.2) is 49.2 Å². The predicted molar refractivity (Wildman–Crippen MR) is 152 cm³/mol. The molecule has 0 spiro atoms. The van der Waals surface area contributed by atoms with Crippen LogP contribution < -0.4 is 5.32 Å². The molecule has 2 fully saturated rings. The lowest BCUT2D eigenvalue weighted by Crippen LogP contribution is -2.56. The summed E-state index contributed by atoms with van der Waals surface area (Å²) in [5.74, 6) is 2.21. The van der Waals surface area contributed by atoms with Crippen molar-refractivity contribution in [2.24, 2.45) is 28.6 Å². The molecule has 2 N–H and O–H groups in total. The third-order valence-corrected chi connectivity index (χ3v) is 10.7. The summed E-state index contributed by atoms with van der Waals surface area (Å²) in [6.07, 6.45) is 17.4. The highest BCUT2D eigenvalue weighted by molar-refractivity contribution is 5.76. The van der Waals surface area contributed by atoms with Gasteiger partial charge in [-0.3, -0.25) is 4.79 Å². The van der Waals surface area contributed by atoms with E-state index in [0.29, 0.717) is 29.6 Å². The molecule has 0 bridgehead atoms. The summed E-state index contributed by atoms with van der Waals surface area (Å²) < 4.78 is 0. The number of carbonyl (C=O) groups excluding carboxylic acids is 1. The average molecular weight is 503 g/mol. The lowest BCUT2D eigenvalue weighted by molar-refractivity contribution is -0.149. The van der Waals surface area contributed by atoms with Gasteiger partial charge in [0.1, 0.15) is 0 Å². The lowest BCUT2D eigenvalue weighted by Gasteiger charge is -2.62. The Balaban J connectivity index is 1.39. The Hall–Kier alpha value is -0.870. The first-order valence-electron chi connectivity index (χ1n) is 15.4. The van der Waals surface area contributed by atoms with Crippen LogP contribution in [0, 0.1) is 28.6 Å². The smallest absolute Gasteiger partial charge is 0.220 e. The Morgan fingerprint density at radius 3 is 2.33 bits per heavy atom. The van der Waals surface area contributed by atoms with Crippen LogP contribution in [0.1, 0.15) is 124 Å². The predicted octanol–water partition coefficient (Wildman–Crippen LogP) is 7.12. The third-order valence-electron chi connectivity index (χ3n) is 10.7. The maximum atomic E-state index is 12.7. The Labute approximate surface area is 223 Å². The zero-order valence-electron chi connectivity index (χ0n) is 24.6. The van der Waals surface area contributed by atoms with Crippen molar-refractivity contribution in [2.45, 2.75) is 130 Å². The molecule has 3 aliphatic carbocycles. The number of nitrogens with zero attached hydrogens (tertiary/aromatic N) is 1. The van der Waals surface area contributed by atoms with Gasteiger partial charge in [-0.1, -0.05) is 64.0 Å². The van der Waals surface area contributed by atoms with E-state index in [1.807, 2.05) is 0 Å². The molecule has 2 saturated carbocycles. The maximum Gasteiger partial charge on any atom is 0.220 e. The van der Waals surface area contributed by atoms with E-state index in [1.165, 1.54) is 70.8 Å². The number of hydrogen-bond donors (Lipinski definition) is 2. The summed E-state index contributed by atoms with van der Waals surface area (Å²) in [5.41, 5.74) is 3.51. The summed E-state index contributed by atoms with van der Waals surface area (Å²) in [7, 11) is 4.29. The van der Waals surface area contributed by atoms with Gasteiger partial charge in [0.2, 0.25) is 5.91 Å². The van der Waals surface area contributed by atoms with E-state index in [-0.39, 0.29) is 17.4 Å². The number of fused-ring (bicyclic) bond motifs is 3. The minimum atomic E-state index is -0.163. The molecule has 0 aromatic carbocycles. The van der Waals surface area contributed by atoms with Crippen molar-refractivity contribution < 1.29 is 9.90 Å². The van der Waals surface area contributed by atoms with Crippen LogP contribution in [0.5, 0.6) is 0 Å². The van der Waals surface area contributed by atoms with E-state index in [1.54, 1.807) is 11.1 Å². The van der Waals surface area contributed by atoms with Gasteiger partial charge in [-0.2, -0.15) is 0 Å². The van der Waals surface area contributed by atoms with E-state index < -0.39 is 0 Å². The minimum absolute atomic E-state index is 0.0142. The average Bonchev–Trinajstić information content (AvgIpc) is 2.82. The number of allylic oxidation sites excluding steroid dienone is 2. The molecule has 5 atom stereocenters. The summed E-state index contributed by atoms with van der Waals surface area (Å²) in [6.45, 7) is 11.5. The highest BCUT2D eigenvalue weighted by atomic mass is 16.3. The molecule has 36 heavy (non-hydrogen) atoms. The van der Waals surface area contributed by atoms with Crippen LogP contribution >= 0.6 is 0 Å². The van der Waals surface area contributed by atoms with Crippen molar-refractivity contribution in [3.8, 4) is 0 Å². The molecule has 208 valence electrons. The molecule has 0 radical (unpaired) electrons.